The van der Waals surface area contributed by atoms with Crippen LogP contribution >= 0.6 is 22.6 Å². The number of phenolic OH excluding ortho intramolecular Hbond substituents is 1. The molecule has 2 rings (SSSR count). The molecule has 0 aromatic heterocycles. The van der Waals surface area contributed by atoms with E-state index in [4.69, 9.17) is 4.74 Å². The largest absolute Gasteiger partial charge is 0.508 e. The Morgan fingerprint density at radius 3 is 2.58 bits per heavy atom. The fourth-order valence-corrected chi connectivity index (χ4v) is 2.25. The Kier molecular flexibility index (Phi) is 4.79. The van der Waals surface area contributed by atoms with Gasteiger partial charge in [0, 0.05) is 6.21 Å². The first-order chi connectivity index (χ1) is 9.19. The number of halogens is 1. The number of nitrogens with zero attached hydrogens (tertiary/aromatic N) is 1. The molecule has 0 saturated carbocycles. The number of hydrogen-bond acceptors (Lipinski definition) is 3. The van der Waals surface area contributed by atoms with E-state index in [2.05, 4.69) is 27.6 Å². The van der Waals surface area contributed by atoms with Crippen LogP contribution < -0.4 is 4.74 Å². The number of rotatable bonds is 4. The lowest BCUT2D eigenvalue weighted by atomic mass is 10.2. The van der Waals surface area contributed by atoms with Crippen LogP contribution in [-0.2, 0) is 0 Å². The first kappa shape index (κ1) is 13.9. The zero-order valence-electron chi connectivity index (χ0n) is 10.5. The zero-order chi connectivity index (χ0) is 13.7. The van der Waals surface area contributed by atoms with Crippen molar-refractivity contribution >= 4 is 34.5 Å². The summed E-state index contributed by atoms with van der Waals surface area (Å²) < 4.78 is 6.55. The summed E-state index contributed by atoms with van der Waals surface area (Å²) in [6, 6.07) is 12.7. The molecule has 0 aliphatic carbocycles. The minimum absolute atomic E-state index is 0.245. The van der Waals surface area contributed by atoms with E-state index in [-0.39, 0.29) is 5.75 Å². The van der Waals surface area contributed by atoms with Crippen LogP contribution in [0.1, 0.15) is 12.5 Å². The summed E-state index contributed by atoms with van der Waals surface area (Å²) in [5, 5.41) is 9.19. The van der Waals surface area contributed by atoms with E-state index in [0.717, 1.165) is 20.6 Å². The van der Waals surface area contributed by atoms with Crippen LogP contribution in [0.4, 0.5) is 5.69 Å². The van der Waals surface area contributed by atoms with Gasteiger partial charge in [0.05, 0.1) is 15.9 Å². The third kappa shape index (κ3) is 3.96. The molecule has 0 saturated heterocycles. The SMILES string of the molecule is CCOc1ccc(C=Nc2ccc(O)cc2)cc1I. The van der Waals surface area contributed by atoms with Gasteiger partial charge in [-0.25, -0.2) is 0 Å². The van der Waals surface area contributed by atoms with E-state index in [9.17, 15) is 5.11 Å². The highest BCUT2D eigenvalue weighted by atomic mass is 127. The smallest absolute Gasteiger partial charge is 0.132 e. The van der Waals surface area contributed by atoms with E-state index >= 15 is 0 Å². The minimum atomic E-state index is 0.245. The van der Waals surface area contributed by atoms with Gasteiger partial charge in [0.1, 0.15) is 11.5 Å². The van der Waals surface area contributed by atoms with Crippen molar-refractivity contribution in [2.45, 2.75) is 6.92 Å². The predicted molar refractivity (Wildman–Crippen MR) is 85.7 cm³/mol. The van der Waals surface area contributed by atoms with Gasteiger partial charge in [-0.1, -0.05) is 0 Å². The molecule has 0 radical (unpaired) electrons. The Morgan fingerprint density at radius 2 is 1.95 bits per heavy atom. The summed E-state index contributed by atoms with van der Waals surface area (Å²) >= 11 is 2.25. The molecule has 0 fully saturated rings. The summed E-state index contributed by atoms with van der Waals surface area (Å²) in [6.45, 7) is 2.63. The van der Waals surface area contributed by atoms with Crippen molar-refractivity contribution < 1.29 is 9.84 Å². The van der Waals surface area contributed by atoms with Gasteiger partial charge in [-0.2, -0.15) is 0 Å². The van der Waals surface area contributed by atoms with Gasteiger partial charge in [0.15, 0.2) is 0 Å². The summed E-state index contributed by atoms with van der Waals surface area (Å²) in [5.41, 5.74) is 1.82. The average Bonchev–Trinajstić information content (AvgIpc) is 2.41. The monoisotopic (exact) mass is 367 g/mol. The fourth-order valence-electron chi connectivity index (χ4n) is 1.56. The van der Waals surface area contributed by atoms with Crippen molar-refractivity contribution in [3.05, 3.63) is 51.6 Å². The minimum Gasteiger partial charge on any atom is -0.508 e. The standard InChI is InChI=1S/C15H14INO2/c1-2-19-15-8-3-11(9-14(15)16)10-17-12-4-6-13(18)7-5-12/h3-10,18H,2H2,1H3. The lowest BCUT2D eigenvalue weighted by Crippen LogP contribution is -1.94. The van der Waals surface area contributed by atoms with Crippen LogP contribution in [0.5, 0.6) is 11.5 Å². The van der Waals surface area contributed by atoms with Crippen molar-refractivity contribution in [3.8, 4) is 11.5 Å². The highest BCUT2D eigenvalue weighted by Crippen LogP contribution is 2.22. The van der Waals surface area contributed by atoms with Crippen LogP contribution in [0.15, 0.2) is 47.5 Å². The number of aliphatic imine (C=N–C) groups is 1. The quantitative estimate of drug-likeness (QED) is 0.652. The van der Waals surface area contributed by atoms with E-state index in [1.165, 1.54) is 0 Å². The molecular weight excluding hydrogens is 353 g/mol. The zero-order valence-corrected chi connectivity index (χ0v) is 12.7. The van der Waals surface area contributed by atoms with Gasteiger partial charge >= 0.3 is 0 Å². The Morgan fingerprint density at radius 1 is 1.21 bits per heavy atom. The maximum Gasteiger partial charge on any atom is 0.132 e. The van der Waals surface area contributed by atoms with Gasteiger partial charge in [-0.15, -0.1) is 0 Å². The van der Waals surface area contributed by atoms with E-state index in [1.54, 1.807) is 30.5 Å². The molecule has 0 unspecified atom stereocenters. The molecular formula is C15H14INO2. The average molecular weight is 367 g/mol. The summed E-state index contributed by atoms with van der Waals surface area (Å²) in [6.07, 6.45) is 1.80. The van der Waals surface area contributed by atoms with Crippen LogP contribution in [-0.4, -0.2) is 17.9 Å². The number of aromatic hydroxyl groups is 1. The van der Waals surface area contributed by atoms with E-state index < -0.39 is 0 Å². The molecule has 98 valence electrons. The number of phenols is 1. The van der Waals surface area contributed by atoms with Gasteiger partial charge < -0.3 is 9.84 Å². The van der Waals surface area contributed by atoms with Crippen molar-refractivity contribution in [2.24, 2.45) is 4.99 Å². The lowest BCUT2D eigenvalue weighted by Gasteiger charge is -2.05. The van der Waals surface area contributed by atoms with Crippen molar-refractivity contribution in [2.75, 3.05) is 6.61 Å². The molecule has 0 spiro atoms. The maximum absolute atomic E-state index is 9.19. The first-order valence-electron chi connectivity index (χ1n) is 5.94. The molecule has 1 N–H and O–H groups in total. The number of hydrogen-bond donors (Lipinski definition) is 1. The molecule has 0 atom stereocenters. The predicted octanol–water partition coefficient (Wildman–Crippen LogP) is 4.15. The molecule has 4 heteroatoms. The summed E-state index contributed by atoms with van der Waals surface area (Å²) in [5.74, 6) is 1.14. The third-order valence-corrected chi connectivity index (χ3v) is 3.31. The summed E-state index contributed by atoms with van der Waals surface area (Å²) in [7, 11) is 0. The Bertz CT molecular complexity index is 579. The molecule has 19 heavy (non-hydrogen) atoms. The summed E-state index contributed by atoms with van der Waals surface area (Å²) in [4.78, 5) is 4.35. The van der Waals surface area contributed by atoms with Crippen LogP contribution in [0, 0.1) is 3.57 Å². The third-order valence-electron chi connectivity index (χ3n) is 2.47. The van der Waals surface area contributed by atoms with Crippen molar-refractivity contribution in [3.63, 3.8) is 0 Å². The van der Waals surface area contributed by atoms with Gasteiger partial charge in [-0.05, 0) is 77.5 Å². The Balaban J connectivity index is 2.14. The second-order valence-electron chi connectivity index (χ2n) is 3.90. The fraction of sp³-hybridized carbons (Fsp3) is 0.133. The number of benzene rings is 2. The van der Waals surface area contributed by atoms with E-state index in [0.29, 0.717) is 6.61 Å². The van der Waals surface area contributed by atoms with Crippen LogP contribution in [0.2, 0.25) is 0 Å². The van der Waals surface area contributed by atoms with Crippen LogP contribution in [0.25, 0.3) is 0 Å². The molecule has 0 aliphatic rings. The second-order valence-corrected chi connectivity index (χ2v) is 5.06. The maximum atomic E-state index is 9.19. The van der Waals surface area contributed by atoms with Crippen LogP contribution in [0.3, 0.4) is 0 Å². The highest BCUT2D eigenvalue weighted by Gasteiger charge is 2.00. The first-order valence-corrected chi connectivity index (χ1v) is 7.02. The van der Waals surface area contributed by atoms with Gasteiger partial charge in [0.2, 0.25) is 0 Å². The molecule has 3 nitrogen and oxygen atoms in total. The van der Waals surface area contributed by atoms with Crippen molar-refractivity contribution in [1.82, 2.24) is 0 Å². The molecule has 0 heterocycles. The topological polar surface area (TPSA) is 41.8 Å². The van der Waals surface area contributed by atoms with E-state index in [1.807, 2.05) is 25.1 Å². The molecule has 2 aromatic carbocycles. The normalized spacial score (nSPS) is 10.8. The Labute approximate surface area is 126 Å². The highest BCUT2D eigenvalue weighted by molar-refractivity contribution is 14.1. The molecule has 0 amide bonds. The second kappa shape index (κ2) is 6.56. The van der Waals surface area contributed by atoms with Gasteiger partial charge in [-0.3, -0.25) is 4.99 Å². The molecule has 2 aromatic rings. The number of ether oxygens (including phenoxy) is 1. The van der Waals surface area contributed by atoms with Gasteiger partial charge in [0.25, 0.3) is 0 Å². The van der Waals surface area contributed by atoms with Crippen molar-refractivity contribution in [1.29, 1.82) is 0 Å². The Hall–Kier alpha value is -1.56. The lowest BCUT2D eigenvalue weighted by molar-refractivity contribution is 0.338. The molecule has 0 bridgehead atoms. The molecule has 0 aliphatic heterocycles.